The Labute approximate surface area is 129 Å². The van der Waals surface area contributed by atoms with Crippen molar-refractivity contribution in [3.63, 3.8) is 0 Å². The van der Waals surface area contributed by atoms with Crippen molar-refractivity contribution in [1.29, 1.82) is 0 Å². The van der Waals surface area contributed by atoms with Crippen molar-refractivity contribution in [3.8, 4) is 11.3 Å². The predicted molar refractivity (Wildman–Crippen MR) is 87.7 cm³/mol. The summed E-state index contributed by atoms with van der Waals surface area (Å²) in [6.45, 7) is 6.51. The topological polar surface area (TPSA) is 51.4 Å². The summed E-state index contributed by atoms with van der Waals surface area (Å²) in [5.74, 6) is 0. The van der Waals surface area contributed by atoms with Gasteiger partial charge in [0.15, 0.2) is 5.13 Å². The number of morpholine rings is 1. The van der Waals surface area contributed by atoms with Crippen LogP contribution in [0.4, 0.5) is 5.13 Å². The zero-order valence-corrected chi connectivity index (χ0v) is 13.3. The van der Waals surface area contributed by atoms with Gasteiger partial charge in [0.1, 0.15) is 0 Å². The van der Waals surface area contributed by atoms with Crippen molar-refractivity contribution >= 4 is 16.5 Å². The highest BCUT2D eigenvalue weighted by molar-refractivity contribution is 7.16. The smallest absolute Gasteiger partial charge is 0.186 e. The molecule has 2 heterocycles. The molecule has 1 aliphatic rings. The fourth-order valence-electron chi connectivity index (χ4n) is 2.77. The van der Waals surface area contributed by atoms with Crippen LogP contribution in [-0.4, -0.2) is 30.3 Å². The van der Waals surface area contributed by atoms with Gasteiger partial charge in [-0.1, -0.05) is 41.7 Å². The van der Waals surface area contributed by atoms with Crippen LogP contribution in [-0.2, 0) is 11.3 Å². The zero-order valence-electron chi connectivity index (χ0n) is 12.5. The van der Waals surface area contributed by atoms with Gasteiger partial charge in [-0.2, -0.15) is 0 Å². The zero-order chi connectivity index (χ0) is 14.8. The van der Waals surface area contributed by atoms with Crippen molar-refractivity contribution in [2.45, 2.75) is 32.6 Å². The van der Waals surface area contributed by atoms with Gasteiger partial charge >= 0.3 is 0 Å². The lowest BCUT2D eigenvalue weighted by molar-refractivity contribution is -0.00522. The van der Waals surface area contributed by atoms with Gasteiger partial charge in [0, 0.05) is 30.1 Å². The first kappa shape index (κ1) is 14.5. The van der Waals surface area contributed by atoms with E-state index < -0.39 is 0 Å². The maximum Gasteiger partial charge on any atom is 0.186 e. The molecule has 0 amide bonds. The maximum absolute atomic E-state index is 5.91. The first-order chi connectivity index (χ1) is 10.2. The third-order valence-electron chi connectivity index (χ3n) is 3.61. The number of benzene rings is 1. The van der Waals surface area contributed by atoms with Crippen LogP contribution in [0.15, 0.2) is 30.3 Å². The molecule has 3 rings (SSSR count). The standard InChI is InChI=1S/C16H21N3OS/c1-11-9-19(10-12(2)20-11)16-18-15(14(8-17)21-16)13-6-4-3-5-7-13/h3-7,11-12H,8-10,17H2,1-2H3/t11-,12+. The first-order valence-electron chi connectivity index (χ1n) is 7.33. The van der Waals surface area contributed by atoms with Gasteiger partial charge in [0.2, 0.25) is 0 Å². The van der Waals surface area contributed by atoms with Crippen molar-refractivity contribution in [2.24, 2.45) is 5.73 Å². The lowest BCUT2D eigenvalue weighted by atomic mass is 10.1. The normalized spacial score (nSPS) is 22.5. The van der Waals surface area contributed by atoms with Crippen LogP contribution < -0.4 is 10.6 Å². The van der Waals surface area contributed by atoms with Crippen LogP contribution in [0.2, 0.25) is 0 Å². The number of hydrogen-bond acceptors (Lipinski definition) is 5. The highest BCUT2D eigenvalue weighted by Crippen LogP contribution is 2.34. The summed E-state index contributed by atoms with van der Waals surface area (Å²) < 4.78 is 5.80. The Hall–Kier alpha value is -1.43. The second kappa shape index (κ2) is 6.13. The van der Waals surface area contributed by atoms with E-state index in [0.29, 0.717) is 6.54 Å². The Balaban J connectivity index is 1.92. The molecule has 5 heteroatoms. The quantitative estimate of drug-likeness (QED) is 0.947. The summed E-state index contributed by atoms with van der Waals surface area (Å²) in [7, 11) is 0. The molecule has 112 valence electrons. The number of hydrogen-bond donors (Lipinski definition) is 1. The van der Waals surface area contributed by atoms with E-state index in [2.05, 4.69) is 30.9 Å². The first-order valence-corrected chi connectivity index (χ1v) is 8.14. The van der Waals surface area contributed by atoms with E-state index >= 15 is 0 Å². The average molecular weight is 303 g/mol. The lowest BCUT2D eigenvalue weighted by Gasteiger charge is -2.35. The molecule has 0 saturated carbocycles. The van der Waals surface area contributed by atoms with Crippen LogP contribution in [0.3, 0.4) is 0 Å². The predicted octanol–water partition coefficient (Wildman–Crippen LogP) is 2.88. The molecule has 0 spiro atoms. The molecular weight excluding hydrogens is 282 g/mol. The van der Waals surface area contributed by atoms with E-state index in [4.69, 9.17) is 15.5 Å². The second-order valence-electron chi connectivity index (χ2n) is 5.50. The number of nitrogens with zero attached hydrogens (tertiary/aromatic N) is 2. The number of anilines is 1. The van der Waals surface area contributed by atoms with Gasteiger partial charge in [0.25, 0.3) is 0 Å². The highest BCUT2D eigenvalue weighted by atomic mass is 32.1. The summed E-state index contributed by atoms with van der Waals surface area (Å²) >= 11 is 1.70. The molecule has 2 atom stereocenters. The average Bonchev–Trinajstić information content (AvgIpc) is 2.91. The number of thiazole rings is 1. The minimum absolute atomic E-state index is 0.235. The molecule has 0 aliphatic carbocycles. The van der Waals surface area contributed by atoms with E-state index in [0.717, 1.165) is 34.4 Å². The van der Waals surface area contributed by atoms with Gasteiger partial charge in [-0.3, -0.25) is 0 Å². The molecule has 2 aromatic rings. The molecular formula is C16H21N3OS. The van der Waals surface area contributed by atoms with Crippen molar-refractivity contribution in [1.82, 2.24) is 4.98 Å². The molecule has 21 heavy (non-hydrogen) atoms. The van der Waals surface area contributed by atoms with Gasteiger partial charge in [-0.15, -0.1) is 0 Å². The molecule has 4 nitrogen and oxygen atoms in total. The van der Waals surface area contributed by atoms with E-state index in [1.807, 2.05) is 18.2 Å². The molecule has 1 fully saturated rings. The number of aromatic nitrogens is 1. The van der Waals surface area contributed by atoms with Crippen LogP contribution >= 0.6 is 11.3 Å². The summed E-state index contributed by atoms with van der Waals surface area (Å²) in [5.41, 5.74) is 8.07. The molecule has 1 aliphatic heterocycles. The molecule has 1 aromatic carbocycles. The summed E-state index contributed by atoms with van der Waals surface area (Å²) in [6.07, 6.45) is 0.471. The lowest BCUT2D eigenvalue weighted by Crippen LogP contribution is -2.45. The number of nitrogens with two attached hydrogens (primary N) is 1. The van der Waals surface area contributed by atoms with Crippen molar-refractivity contribution < 1.29 is 4.74 Å². The van der Waals surface area contributed by atoms with Gasteiger partial charge in [0.05, 0.1) is 17.9 Å². The van der Waals surface area contributed by atoms with E-state index in [1.54, 1.807) is 11.3 Å². The molecule has 1 aromatic heterocycles. The maximum atomic E-state index is 5.91. The van der Waals surface area contributed by atoms with Crippen LogP contribution in [0, 0.1) is 0 Å². The summed E-state index contributed by atoms with van der Waals surface area (Å²) in [5, 5.41) is 1.05. The van der Waals surface area contributed by atoms with Crippen LogP contribution in [0.1, 0.15) is 18.7 Å². The second-order valence-corrected chi connectivity index (χ2v) is 6.56. The van der Waals surface area contributed by atoms with Crippen LogP contribution in [0.25, 0.3) is 11.3 Å². The summed E-state index contributed by atoms with van der Waals surface area (Å²) in [6, 6.07) is 10.3. The number of rotatable bonds is 3. The van der Waals surface area contributed by atoms with Gasteiger partial charge < -0.3 is 15.4 Å². The minimum atomic E-state index is 0.235. The third kappa shape index (κ3) is 3.10. The van der Waals surface area contributed by atoms with Crippen LogP contribution in [0.5, 0.6) is 0 Å². The van der Waals surface area contributed by atoms with E-state index in [1.165, 1.54) is 0 Å². The summed E-state index contributed by atoms with van der Waals surface area (Å²) in [4.78, 5) is 8.31. The molecule has 2 N–H and O–H groups in total. The Morgan fingerprint density at radius 3 is 2.52 bits per heavy atom. The largest absolute Gasteiger partial charge is 0.372 e. The third-order valence-corrected chi connectivity index (χ3v) is 4.75. The Morgan fingerprint density at radius 2 is 1.90 bits per heavy atom. The fourth-order valence-corrected chi connectivity index (χ4v) is 3.75. The monoisotopic (exact) mass is 303 g/mol. The number of ether oxygens (including phenoxy) is 1. The van der Waals surface area contributed by atoms with Crippen molar-refractivity contribution in [3.05, 3.63) is 35.2 Å². The Kier molecular flexibility index (Phi) is 4.24. The Bertz CT molecular complexity index is 589. The molecule has 0 bridgehead atoms. The molecule has 1 saturated heterocycles. The minimum Gasteiger partial charge on any atom is -0.372 e. The van der Waals surface area contributed by atoms with Gasteiger partial charge in [-0.05, 0) is 13.8 Å². The highest BCUT2D eigenvalue weighted by Gasteiger charge is 2.25. The Morgan fingerprint density at radius 1 is 1.24 bits per heavy atom. The van der Waals surface area contributed by atoms with E-state index in [-0.39, 0.29) is 12.2 Å². The van der Waals surface area contributed by atoms with E-state index in [9.17, 15) is 0 Å². The fraction of sp³-hybridized carbons (Fsp3) is 0.438. The van der Waals surface area contributed by atoms with Crippen molar-refractivity contribution in [2.75, 3.05) is 18.0 Å². The molecule has 0 radical (unpaired) electrons. The van der Waals surface area contributed by atoms with Gasteiger partial charge in [-0.25, -0.2) is 4.98 Å². The molecule has 0 unspecified atom stereocenters. The SMILES string of the molecule is C[C@@H]1CN(c2nc(-c3ccccc3)c(CN)s2)C[C@H](C)O1.